The van der Waals surface area contributed by atoms with Gasteiger partial charge in [0.2, 0.25) is 0 Å². The molecule has 0 radical (unpaired) electrons. The first-order valence-electron chi connectivity index (χ1n) is 11.2. The van der Waals surface area contributed by atoms with Gasteiger partial charge in [-0.25, -0.2) is 4.98 Å². The smallest absolute Gasteiger partial charge is 0.121 e. The largest absolute Gasteiger partial charge is 0.492 e. The first kappa shape index (κ1) is 23.9. The molecule has 176 valence electrons. The second kappa shape index (κ2) is 11.3. The molecular formula is C25H29Cl2N3O3. The summed E-state index contributed by atoms with van der Waals surface area (Å²) in [6, 6.07) is 13.4. The van der Waals surface area contributed by atoms with E-state index in [4.69, 9.17) is 32.7 Å². The molecule has 1 N–H and O–H groups in total. The minimum atomic E-state index is -0.862. The van der Waals surface area contributed by atoms with E-state index in [1.54, 1.807) is 30.7 Å². The third-order valence-electron chi connectivity index (χ3n) is 5.89. The number of benzene rings is 2. The number of hydrogen-bond acceptors (Lipinski definition) is 5. The van der Waals surface area contributed by atoms with Crippen LogP contribution < -0.4 is 9.47 Å². The summed E-state index contributed by atoms with van der Waals surface area (Å²) < 4.78 is 13.7. The molecule has 1 aliphatic heterocycles. The number of rotatable bonds is 9. The molecule has 0 spiro atoms. The van der Waals surface area contributed by atoms with Crippen LogP contribution in [0.5, 0.6) is 11.5 Å². The van der Waals surface area contributed by atoms with Crippen molar-refractivity contribution in [2.75, 3.05) is 26.3 Å². The van der Waals surface area contributed by atoms with Gasteiger partial charge in [-0.3, -0.25) is 4.90 Å². The van der Waals surface area contributed by atoms with Gasteiger partial charge in [0.1, 0.15) is 24.7 Å². The summed E-state index contributed by atoms with van der Waals surface area (Å²) in [5.41, 5.74) is 0.340. The summed E-state index contributed by atoms with van der Waals surface area (Å²) in [6.45, 7) is 4.14. The molecule has 33 heavy (non-hydrogen) atoms. The molecule has 1 saturated heterocycles. The summed E-state index contributed by atoms with van der Waals surface area (Å²) in [5.74, 6) is 1.48. The molecule has 0 aliphatic carbocycles. The second-order valence-corrected chi connectivity index (χ2v) is 9.33. The summed E-state index contributed by atoms with van der Waals surface area (Å²) in [4.78, 5) is 6.42. The third-order valence-corrected chi connectivity index (χ3v) is 6.63. The maximum Gasteiger partial charge on any atom is 0.121 e. The Morgan fingerprint density at radius 3 is 2.70 bits per heavy atom. The molecule has 0 amide bonds. The SMILES string of the molecule is OC1(COc2ccc(Cl)c(Cl)c2)CCCN(Cc2cccc(OCCn3ccnc3)c2)CC1. The molecule has 1 fully saturated rings. The lowest BCUT2D eigenvalue weighted by atomic mass is 9.96. The minimum absolute atomic E-state index is 0.235. The van der Waals surface area contributed by atoms with Crippen LogP contribution in [0.1, 0.15) is 24.8 Å². The van der Waals surface area contributed by atoms with Gasteiger partial charge in [-0.15, -0.1) is 0 Å². The number of hydrogen-bond donors (Lipinski definition) is 1. The van der Waals surface area contributed by atoms with Crippen molar-refractivity contribution in [2.45, 2.75) is 38.0 Å². The first-order chi connectivity index (χ1) is 16.0. The fourth-order valence-corrected chi connectivity index (χ4v) is 4.29. The zero-order valence-electron chi connectivity index (χ0n) is 18.5. The van der Waals surface area contributed by atoms with Crippen molar-refractivity contribution in [2.24, 2.45) is 0 Å². The van der Waals surface area contributed by atoms with Crippen molar-refractivity contribution in [1.29, 1.82) is 0 Å². The normalized spacial score (nSPS) is 19.2. The van der Waals surface area contributed by atoms with E-state index < -0.39 is 5.60 Å². The average molecular weight is 490 g/mol. The zero-order valence-corrected chi connectivity index (χ0v) is 20.0. The molecule has 6 nitrogen and oxygen atoms in total. The number of aromatic nitrogens is 2. The summed E-state index contributed by atoms with van der Waals surface area (Å²) in [5, 5.41) is 12.0. The van der Waals surface area contributed by atoms with Crippen LogP contribution in [-0.2, 0) is 13.1 Å². The highest BCUT2D eigenvalue weighted by molar-refractivity contribution is 6.42. The molecule has 1 aliphatic rings. The molecule has 4 rings (SSSR count). The molecule has 2 heterocycles. The lowest BCUT2D eigenvalue weighted by Gasteiger charge is -2.27. The predicted octanol–water partition coefficient (Wildman–Crippen LogP) is 5.06. The topological polar surface area (TPSA) is 59.8 Å². The van der Waals surface area contributed by atoms with Crippen molar-refractivity contribution in [1.82, 2.24) is 14.5 Å². The Hall–Kier alpha value is -2.25. The summed E-state index contributed by atoms with van der Waals surface area (Å²) in [6.07, 6.45) is 7.73. The number of likely N-dealkylation sites (tertiary alicyclic amines) is 1. The highest BCUT2D eigenvalue weighted by Gasteiger charge is 2.31. The van der Waals surface area contributed by atoms with E-state index in [0.29, 0.717) is 35.2 Å². The Kier molecular flexibility index (Phi) is 8.15. The van der Waals surface area contributed by atoms with E-state index in [9.17, 15) is 5.11 Å². The maximum absolute atomic E-state index is 11.1. The van der Waals surface area contributed by atoms with Crippen LogP contribution >= 0.6 is 23.2 Å². The van der Waals surface area contributed by atoms with Crippen LogP contribution in [0.2, 0.25) is 10.0 Å². The average Bonchev–Trinajstić information content (AvgIpc) is 3.25. The molecule has 2 aromatic carbocycles. The van der Waals surface area contributed by atoms with E-state index in [1.165, 1.54) is 5.56 Å². The van der Waals surface area contributed by atoms with Crippen molar-refractivity contribution < 1.29 is 14.6 Å². The van der Waals surface area contributed by atoms with Gasteiger partial charge in [-0.1, -0.05) is 35.3 Å². The quantitative estimate of drug-likeness (QED) is 0.454. The fourth-order valence-electron chi connectivity index (χ4n) is 4.00. The van der Waals surface area contributed by atoms with E-state index in [0.717, 1.165) is 38.3 Å². The monoisotopic (exact) mass is 489 g/mol. The van der Waals surface area contributed by atoms with E-state index >= 15 is 0 Å². The lowest BCUT2D eigenvalue weighted by molar-refractivity contribution is -0.0168. The molecule has 1 aromatic heterocycles. The van der Waals surface area contributed by atoms with Crippen molar-refractivity contribution >= 4 is 23.2 Å². The fraction of sp³-hybridized carbons (Fsp3) is 0.400. The zero-order chi connectivity index (χ0) is 23.1. The van der Waals surface area contributed by atoms with Gasteiger partial charge < -0.3 is 19.1 Å². The van der Waals surface area contributed by atoms with E-state index in [-0.39, 0.29) is 6.61 Å². The summed E-state index contributed by atoms with van der Waals surface area (Å²) >= 11 is 12.0. The minimum Gasteiger partial charge on any atom is -0.492 e. The molecule has 3 aromatic rings. The Balaban J connectivity index is 1.26. The van der Waals surface area contributed by atoms with Crippen molar-refractivity contribution in [3.63, 3.8) is 0 Å². The Bertz CT molecular complexity index is 1030. The third kappa shape index (κ3) is 7.11. The highest BCUT2D eigenvalue weighted by Crippen LogP contribution is 2.29. The lowest BCUT2D eigenvalue weighted by Crippen LogP contribution is -2.37. The van der Waals surface area contributed by atoms with E-state index in [1.807, 2.05) is 22.9 Å². The Labute approximate surface area is 204 Å². The first-order valence-corrected chi connectivity index (χ1v) is 11.9. The van der Waals surface area contributed by atoms with Gasteiger partial charge in [0, 0.05) is 31.5 Å². The molecule has 0 saturated carbocycles. The van der Waals surface area contributed by atoms with Crippen LogP contribution in [-0.4, -0.2) is 51.5 Å². The van der Waals surface area contributed by atoms with E-state index in [2.05, 4.69) is 22.0 Å². The Morgan fingerprint density at radius 2 is 1.88 bits per heavy atom. The molecule has 8 heteroatoms. The molecule has 0 bridgehead atoms. The van der Waals surface area contributed by atoms with Gasteiger partial charge >= 0.3 is 0 Å². The van der Waals surface area contributed by atoms with Crippen LogP contribution in [0.15, 0.2) is 61.2 Å². The van der Waals surface area contributed by atoms with Gasteiger partial charge in [-0.2, -0.15) is 0 Å². The maximum atomic E-state index is 11.1. The van der Waals surface area contributed by atoms with Crippen LogP contribution in [0.25, 0.3) is 0 Å². The number of ether oxygens (including phenoxy) is 2. The molecule has 1 atom stereocenters. The van der Waals surface area contributed by atoms with Crippen molar-refractivity contribution in [3.8, 4) is 11.5 Å². The predicted molar refractivity (Wildman–Crippen MR) is 130 cm³/mol. The molecule has 1 unspecified atom stereocenters. The number of imidazole rings is 1. The van der Waals surface area contributed by atoms with Gasteiger partial charge in [0.25, 0.3) is 0 Å². The summed E-state index contributed by atoms with van der Waals surface area (Å²) in [7, 11) is 0. The van der Waals surface area contributed by atoms with Crippen LogP contribution in [0.4, 0.5) is 0 Å². The van der Waals surface area contributed by atoms with Crippen LogP contribution in [0.3, 0.4) is 0 Å². The highest BCUT2D eigenvalue weighted by atomic mass is 35.5. The standard InChI is InChI=1S/C25H29Cl2N3O3/c26-23-6-5-22(16-24(23)27)33-18-25(31)7-2-10-29(11-8-25)17-20-3-1-4-21(15-20)32-14-13-30-12-9-28-19-30/h1,3-6,9,12,15-16,19,31H,2,7-8,10-11,13-14,17-18H2. The number of aliphatic hydroxyl groups is 1. The number of halogens is 2. The second-order valence-electron chi connectivity index (χ2n) is 8.52. The van der Waals surface area contributed by atoms with Crippen molar-refractivity contribution in [3.05, 3.63) is 76.8 Å². The van der Waals surface area contributed by atoms with Crippen LogP contribution in [0, 0.1) is 0 Å². The molecular weight excluding hydrogens is 461 g/mol. The number of nitrogens with zero attached hydrogens (tertiary/aromatic N) is 3. The Morgan fingerprint density at radius 1 is 1.00 bits per heavy atom. The van der Waals surface area contributed by atoms with Gasteiger partial charge in [-0.05, 0) is 55.6 Å². The van der Waals surface area contributed by atoms with Gasteiger partial charge in [0.05, 0.1) is 28.5 Å². The van der Waals surface area contributed by atoms with Gasteiger partial charge in [0.15, 0.2) is 0 Å².